The molecule has 284 valence electrons. The minimum atomic E-state index is -1.14. The number of nitrogens with zero attached hydrogens (tertiary/aromatic N) is 1. The van der Waals surface area contributed by atoms with Crippen LogP contribution in [0.5, 0.6) is 0 Å². The molecule has 0 saturated carbocycles. The second-order valence-corrected chi connectivity index (χ2v) is 18.3. The molecule has 10 heteroatoms. The molecule has 3 N–H and O–H groups in total. The van der Waals surface area contributed by atoms with Gasteiger partial charge in [-0.25, -0.2) is 4.79 Å². The van der Waals surface area contributed by atoms with Gasteiger partial charge in [0.25, 0.3) is 0 Å². The molecular weight excluding hydrogens is 650 g/mol. The van der Waals surface area contributed by atoms with Crippen LogP contribution in [-0.2, 0) is 28.5 Å². The molecule has 10 nitrogen and oxygen atoms in total. The van der Waals surface area contributed by atoms with Crippen LogP contribution in [0, 0.1) is 29.1 Å². The van der Waals surface area contributed by atoms with Gasteiger partial charge in [-0.05, 0) is 95.3 Å². The number of hydrogen-bond acceptors (Lipinski definition) is 9. The van der Waals surface area contributed by atoms with Crippen molar-refractivity contribution in [3.8, 4) is 0 Å². The van der Waals surface area contributed by atoms with Gasteiger partial charge in [-0.15, -0.1) is 0 Å². The average Bonchev–Trinajstić information content (AvgIpc) is 3.55. The lowest BCUT2D eigenvalue weighted by molar-refractivity contribution is -0.403. The lowest BCUT2D eigenvalue weighted by Gasteiger charge is -2.50. The van der Waals surface area contributed by atoms with Gasteiger partial charge in [0.1, 0.15) is 11.7 Å². The van der Waals surface area contributed by atoms with Crippen molar-refractivity contribution >= 4 is 11.7 Å². The van der Waals surface area contributed by atoms with Crippen molar-refractivity contribution < 1.29 is 43.8 Å². The highest BCUT2D eigenvalue weighted by atomic mass is 16.8. The molecule has 6 fully saturated rings. The molecule has 7 aliphatic heterocycles. The standard InChI is InChI=1S/C41H61NO9/c1-24-8-6-10-32-38(20-25(2)27(4)23-42-32)15-11-28(36(44)45)19-31(38)34-35-33(43)26(3)21-40(49-34,50-35)22-30-9-7-13-39(47-30)16-17-41(51-39)37(5,46)14-12-29(18-24)48-41/h19,25-27,29-31,33-35,43,46H,1,6-18,20-23H2,2-5H3,(H,44,45)/t25-,26+,27-,29+,30+,31+,33-,34+,35+,37+,38-,39+,40+,41-/m1/s1. The van der Waals surface area contributed by atoms with E-state index in [1.807, 2.05) is 13.0 Å². The number of aliphatic imine (C=N–C) groups is 1. The van der Waals surface area contributed by atoms with Crippen molar-refractivity contribution in [2.45, 2.75) is 184 Å². The number of aliphatic hydroxyl groups is 2. The number of ether oxygens (including phenoxy) is 5. The van der Waals surface area contributed by atoms with E-state index in [-0.39, 0.29) is 24.0 Å². The predicted molar refractivity (Wildman–Crippen MR) is 190 cm³/mol. The molecular formula is C41H61NO9. The number of fused-ring (bicyclic) bond motifs is 6. The third-order valence-electron chi connectivity index (χ3n) is 14.6. The molecule has 0 radical (unpaired) electrons. The molecule has 8 rings (SSSR count). The Morgan fingerprint density at radius 1 is 0.843 bits per heavy atom. The van der Waals surface area contributed by atoms with Crippen LogP contribution < -0.4 is 0 Å². The van der Waals surface area contributed by atoms with Gasteiger partial charge in [0.05, 0.1) is 24.4 Å². The highest BCUT2D eigenvalue weighted by Crippen LogP contribution is 2.59. The van der Waals surface area contributed by atoms with Crippen LogP contribution in [0.1, 0.15) is 130 Å². The van der Waals surface area contributed by atoms with Crippen LogP contribution in [0.2, 0.25) is 0 Å². The first-order valence-electron chi connectivity index (χ1n) is 20.1. The maximum Gasteiger partial charge on any atom is 0.331 e. The Balaban J connectivity index is 1.20. The maximum absolute atomic E-state index is 12.6. The molecule has 1 aliphatic carbocycles. The molecule has 7 bridgehead atoms. The van der Waals surface area contributed by atoms with Crippen molar-refractivity contribution in [3.05, 3.63) is 23.8 Å². The minimum Gasteiger partial charge on any atom is -0.478 e. The summed E-state index contributed by atoms with van der Waals surface area (Å²) in [6.45, 7) is 13.7. The number of rotatable bonds is 1. The van der Waals surface area contributed by atoms with Gasteiger partial charge in [0, 0.05) is 61.3 Å². The Bertz CT molecular complexity index is 1460. The summed E-state index contributed by atoms with van der Waals surface area (Å²) in [6.07, 6.45) is 11.0. The molecule has 0 aromatic rings. The third kappa shape index (κ3) is 6.21. The van der Waals surface area contributed by atoms with E-state index >= 15 is 0 Å². The molecule has 7 heterocycles. The fraction of sp³-hybridized carbons (Fsp3) is 0.854. The van der Waals surface area contributed by atoms with Gasteiger partial charge in [0.15, 0.2) is 11.6 Å². The Morgan fingerprint density at radius 3 is 2.45 bits per heavy atom. The third-order valence-corrected chi connectivity index (χ3v) is 14.6. The molecule has 14 atom stereocenters. The molecule has 4 spiro atoms. The zero-order valence-electron chi connectivity index (χ0n) is 31.2. The summed E-state index contributed by atoms with van der Waals surface area (Å²) in [6, 6.07) is 0. The maximum atomic E-state index is 12.6. The zero-order valence-corrected chi connectivity index (χ0v) is 31.2. The number of hydrogen-bond donors (Lipinski definition) is 3. The van der Waals surface area contributed by atoms with E-state index in [4.69, 9.17) is 28.7 Å². The molecule has 51 heavy (non-hydrogen) atoms. The number of aliphatic hydroxyl groups excluding tert-OH is 1. The van der Waals surface area contributed by atoms with Crippen LogP contribution >= 0.6 is 0 Å². The van der Waals surface area contributed by atoms with Gasteiger partial charge in [0.2, 0.25) is 5.79 Å². The first kappa shape index (κ1) is 36.3. The van der Waals surface area contributed by atoms with Gasteiger partial charge in [-0.1, -0.05) is 39.0 Å². The van der Waals surface area contributed by atoms with E-state index in [1.165, 1.54) is 0 Å². The monoisotopic (exact) mass is 711 g/mol. The summed E-state index contributed by atoms with van der Waals surface area (Å²) < 4.78 is 34.8. The van der Waals surface area contributed by atoms with Crippen molar-refractivity contribution in [1.82, 2.24) is 0 Å². The predicted octanol–water partition coefficient (Wildman–Crippen LogP) is 6.61. The summed E-state index contributed by atoms with van der Waals surface area (Å²) in [5.41, 5.74) is 1.13. The zero-order chi connectivity index (χ0) is 36.0. The van der Waals surface area contributed by atoms with Crippen LogP contribution in [0.4, 0.5) is 0 Å². The Morgan fingerprint density at radius 2 is 1.65 bits per heavy atom. The number of carboxylic acid groups (broad SMARTS) is 1. The first-order valence-corrected chi connectivity index (χ1v) is 20.1. The van der Waals surface area contributed by atoms with Gasteiger partial charge in [-0.3, -0.25) is 4.99 Å². The summed E-state index contributed by atoms with van der Waals surface area (Å²) in [5, 5.41) is 33.8. The number of carbonyl (C=O) groups is 1. The molecule has 0 aromatic heterocycles. The van der Waals surface area contributed by atoms with Gasteiger partial charge >= 0.3 is 5.97 Å². The van der Waals surface area contributed by atoms with E-state index in [9.17, 15) is 20.1 Å². The van der Waals surface area contributed by atoms with Gasteiger partial charge < -0.3 is 39.0 Å². The van der Waals surface area contributed by atoms with Crippen LogP contribution in [-0.4, -0.2) is 87.0 Å². The summed E-state index contributed by atoms with van der Waals surface area (Å²) in [4.78, 5) is 18.0. The topological polar surface area (TPSA) is 136 Å². The van der Waals surface area contributed by atoms with Crippen molar-refractivity contribution in [2.24, 2.45) is 34.1 Å². The molecule has 0 amide bonds. The summed E-state index contributed by atoms with van der Waals surface area (Å²) >= 11 is 0. The Hall–Kier alpha value is -1.66. The van der Waals surface area contributed by atoms with Crippen molar-refractivity contribution in [2.75, 3.05) is 6.54 Å². The fourth-order valence-electron chi connectivity index (χ4n) is 11.5. The molecule has 6 saturated heterocycles. The number of carboxylic acids is 1. The first-order chi connectivity index (χ1) is 24.2. The number of aliphatic carboxylic acids is 1. The molecule has 8 aliphatic rings. The summed E-state index contributed by atoms with van der Waals surface area (Å²) in [5.74, 6) is -3.50. The Kier molecular flexibility index (Phi) is 9.25. The van der Waals surface area contributed by atoms with Gasteiger partial charge in [-0.2, -0.15) is 0 Å². The molecule has 0 aromatic carbocycles. The van der Waals surface area contributed by atoms with Crippen LogP contribution in [0.15, 0.2) is 28.8 Å². The fourth-order valence-corrected chi connectivity index (χ4v) is 11.5. The molecule has 0 unspecified atom stereocenters. The van der Waals surface area contributed by atoms with E-state index in [1.54, 1.807) is 0 Å². The second kappa shape index (κ2) is 13.0. The Labute approximate surface area is 303 Å². The van der Waals surface area contributed by atoms with Crippen LogP contribution in [0.3, 0.4) is 0 Å². The lowest BCUT2D eigenvalue weighted by atomic mass is 9.57. The normalized spacial score (nSPS) is 51.8. The van der Waals surface area contributed by atoms with Crippen molar-refractivity contribution in [3.63, 3.8) is 0 Å². The highest BCUT2D eigenvalue weighted by Gasteiger charge is 2.65. The lowest BCUT2D eigenvalue weighted by Crippen LogP contribution is -2.60. The quantitative estimate of drug-likeness (QED) is 0.257. The van der Waals surface area contributed by atoms with E-state index < -0.39 is 52.7 Å². The largest absolute Gasteiger partial charge is 0.478 e. The average molecular weight is 712 g/mol. The highest BCUT2D eigenvalue weighted by molar-refractivity contribution is 5.93. The minimum absolute atomic E-state index is 0.0764. The van der Waals surface area contributed by atoms with Crippen LogP contribution in [0.25, 0.3) is 0 Å². The van der Waals surface area contributed by atoms with Crippen molar-refractivity contribution in [1.29, 1.82) is 0 Å². The second-order valence-electron chi connectivity index (χ2n) is 18.3. The SMILES string of the molecule is C=C1CCCC2=NC[C@@H](C)[C@H](C)C[C@@]23CCC(C(=O)O)=C[C@H]3[C@@H]2O[C@@]3(C[C@@H]4CCC[C@]5(CC[C@@]6(O[C@@H](CC[C@]6(C)O)C1)O5)O4)C[C@H](C)[C@@H](O)[C@@H]2O3. The van der Waals surface area contributed by atoms with E-state index in [0.29, 0.717) is 68.8 Å². The summed E-state index contributed by atoms with van der Waals surface area (Å²) in [7, 11) is 0. The van der Waals surface area contributed by atoms with E-state index in [0.717, 1.165) is 69.2 Å². The van der Waals surface area contributed by atoms with E-state index in [2.05, 4.69) is 27.4 Å². The smallest absolute Gasteiger partial charge is 0.331 e.